The molecule has 0 heterocycles. The van der Waals surface area contributed by atoms with Crippen LogP contribution in [0.2, 0.25) is 0 Å². The molecule has 1 aliphatic carbocycles. The molecule has 1 N–H and O–H groups in total. The maximum atomic E-state index is 9.87. The Bertz CT molecular complexity index is 535. The van der Waals surface area contributed by atoms with Crippen LogP contribution in [0.15, 0.2) is 18.2 Å². The molecule has 1 aromatic rings. The third-order valence-corrected chi connectivity index (χ3v) is 3.37. The zero-order chi connectivity index (χ0) is 13.8. The summed E-state index contributed by atoms with van der Waals surface area (Å²) in [5.74, 6) is 0. The van der Waals surface area contributed by atoms with E-state index in [-0.39, 0.29) is 0 Å². The van der Waals surface area contributed by atoms with Crippen molar-refractivity contribution in [1.29, 1.82) is 10.5 Å². The lowest BCUT2D eigenvalue weighted by Gasteiger charge is -2.27. The summed E-state index contributed by atoms with van der Waals surface area (Å²) in [4.78, 5) is 2.16. The van der Waals surface area contributed by atoms with Gasteiger partial charge in [-0.15, -0.1) is 0 Å². The lowest BCUT2D eigenvalue weighted by atomic mass is 10.0. The maximum Gasteiger partial charge on any atom is 0.0992 e. The molecule has 1 aromatic carbocycles. The lowest BCUT2D eigenvalue weighted by molar-refractivity contribution is 0.199. The number of aliphatic hydroxyl groups is 1. The van der Waals surface area contributed by atoms with Crippen molar-refractivity contribution in [2.24, 2.45) is 0 Å². The smallest absolute Gasteiger partial charge is 0.0992 e. The van der Waals surface area contributed by atoms with Crippen LogP contribution in [-0.2, 0) is 0 Å². The molecule has 0 aliphatic heterocycles. The Kier molecular flexibility index (Phi) is 4.04. The third-order valence-electron chi connectivity index (χ3n) is 3.37. The van der Waals surface area contributed by atoms with Crippen LogP contribution >= 0.6 is 0 Å². The van der Waals surface area contributed by atoms with E-state index in [2.05, 4.69) is 17.0 Å². The topological polar surface area (TPSA) is 71.0 Å². The quantitative estimate of drug-likeness (QED) is 0.877. The molecule has 2 rings (SSSR count). The van der Waals surface area contributed by atoms with Gasteiger partial charge < -0.3 is 10.0 Å². The van der Waals surface area contributed by atoms with E-state index in [0.717, 1.165) is 24.1 Å². The minimum absolute atomic E-state index is 0.444. The fourth-order valence-corrected chi connectivity index (χ4v) is 2.27. The molecule has 98 valence electrons. The first-order chi connectivity index (χ1) is 9.17. The van der Waals surface area contributed by atoms with E-state index in [1.165, 1.54) is 0 Å². The normalized spacial score (nSPS) is 15.4. The first-order valence-corrected chi connectivity index (χ1v) is 6.53. The molecule has 0 amide bonds. The molecule has 4 nitrogen and oxygen atoms in total. The molecule has 1 saturated carbocycles. The molecule has 1 atom stereocenters. The average Bonchev–Trinajstić information content (AvgIpc) is 3.23. The molecule has 1 fully saturated rings. The van der Waals surface area contributed by atoms with Crippen LogP contribution in [0.3, 0.4) is 0 Å². The highest BCUT2D eigenvalue weighted by atomic mass is 16.3. The first-order valence-electron chi connectivity index (χ1n) is 6.53. The Balaban J connectivity index is 2.38. The Morgan fingerprint density at radius 3 is 2.68 bits per heavy atom. The minimum atomic E-state index is -0.578. The van der Waals surface area contributed by atoms with Crippen molar-refractivity contribution in [3.63, 3.8) is 0 Å². The molecule has 4 heteroatoms. The standard InChI is InChI=1S/C15H17N3O/c1-11(19)14-6-3-12(10-17)9-15(14)18(8-2-7-16)13-4-5-13/h3,6,9,11,13,19H,2,4-5,8H2,1H3. The van der Waals surface area contributed by atoms with Crippen molar-refractivity contribution in [2.75, 3.05) is 11.4 Å². The van der Waals surface area contributed by atoms with Gasteiger partial charge in [-0.25, -0.2) is 0 Å². The predicted octanol–water partition coefficient (Wildman–Crippen LogP) is 2.49. The van der Waals surface area contributed by atoms with E-state index in [1.807, 2.05) is 6.07 Å². The molecule has 0 aromatic heterocycles. The number of anilines is 1. The number of aliphatic hydroxyl groups excluding tert-OH is 1. The van der Waals surface area contributed by atoms with Gasteiger partial charge in [0.25, 0.3) is 0 Å². The lowest BCUT2D eigenvalue weighted by Crippen LogP contribution is -2.28. The maximum absolute atomic E-state index is 9.87. The Morgan fingerprint density at radius 1 is 1.42 bits per heavy atom. The van der Waals surface area contributed by atoms with Crippen molar-refractivity contribution in [2.45, 2.75) is 38.3 Å². The number of nitrogens with zero attached hydrogens (tertiary/aromatic N) is 3. The van der Waals surface area contributed by atoms with E-state index >= 15 is 0 Å². The second kappa shape index (κ2) is 5.73. The Morgan fingerprint density at radius 2 is 2.16 bits per heavy atom. The Hall–Kier alpha value is -2.04. The van der Waals surface area contributed by atoms with Crippen molar-refractivity contribution >= 4 is 5.69 Å². The van der Waals surface area contributed by atoms with E-state index in [1.54, 1.807) is 19.1 Å². The number of benzene rings is 1. The van der Waals surface area contributed by atoms with Crippen molar-refractivity contribution in [3.8, 4) is 12.1 Å². The summed E-state index contributed by atoms with van der Waals surface area (Å²) in [6, 6.07) is 10.1. The van der Waals surface area contributed by atoms with Crippen molar-refractivity contribution in [1.82, 2.24) is 0 Å². The summed E-state index contributed by atoms with van der Waals surface area (Å²) in [5.41, 5.74) is 2.30. The van der Waals surface area contributed by atoms with Gasteiger partial charge in [0.05, 0.1) is 30.2 Å². The van der Waals surface area contributed by atoms with E-state index in [9.17, 15) is 5.11 Å². The van der Waals surface area contributed by atoms with E-state index in [0.29, 0.717) is 24.6 Å². The summed E-state index contributed by atoms with van der Waals surface area (Å²) in [7, 11) is 0. The van der Waals surface area contributed by atoms with Crippen LogP contribution < -0.4 is 4.90 Å². The number of nitriles is 2. The Labute approximate surface area is 113 Å². The van der Waals surface area contributed by atoms with Gasteiger partial charge in [-0.1, -0.05) is 6.07 Å². The van der Waals surface area contributed by atoms with Crippen LogP contribution in [0.5, 0.6) is 0 Å². The molecular formula is C15H17N3O. The summed E-state index contributed by atoms with van der Waals surface area (Å²) >= 11 is 0. The molecule has 1 aliphatic rings. The van der Waals surface area contributed by atoms with Gasteiger partial charge in [-0.2, -0.15) is 10.5 Å². The van der Waals surface area contributed by atoms with Gasteiger partial charge in [-0.3, -0.25) is 0 Å². The van der Waals surface area contributed by atoms with Gasteiger partial charge in [0.1, 0.15) is 0 Å². The molecule has 1 unspecified atom stereocenters. The fourth-order valence-electron chi connectivity index (χ4n) is 2.27. The highest BCUT2D eigenvalue weighted by Gasteiger charge is 2.30. The SMILES string of the molecule is CC(O)c1ccc(C#N)cc1N(CCC#N)C1CC1. The van der Waals surface area contributed by atoms with Gasteiger partial charge in [0.2, 0.25) is 0 Å². The summed E-state index contributed by atoms with van der Waals surface area (Å²) in [6.45, 7) is 2.37. The van der Waals surface area contributed by atoms with Crippen molar-refractivity contribution in [3.05, 3.63) is 29.3 Å². The molecular weight excluding hydrogens is 238 g/mol. The van der Waals surface area contributed by atoms with Crippen LogP contribution in [0, 0.1) is 22.7 Å². The zero-order valence-corrected chi connectivity index (χ0v) is 11.0. The third kappa shape index (κ3) is 3.05. The van der Waals surface area contributed by atoms with E-state index < -0.39 is 6.10 Å². The predicted molar refractivity (Wildman–Crippen MR) is 72.4 cm³/mol. The summed E-state index contributed by atoms with van der Waals surface area (Å²) in [5, 5.41) is 27.7. The molecule has 0 radical (unpaired) electrons. The van der Waals surface area contributed by atoms with Gasteiger partial charge in [-0.05, 0) is 31.9 Å². The molecule has 19 heavy (non-hydrogen) atoms. The zero-order valence-electron chi connectivity index (χ0n) is 11.0. The van der Waals surface area contributed by atoms with Gasteiger partial charge >= 0.3 is 0 Å². The number of hydrogen-bond donors (Lipinski definition) is 1. The monoisotopic (exact) mass is 255 g/mol. The largest absolute Gasteiger partial charge is 0.389 e. The minimum Gasteiger partial charge on any atom is -0.389 e. The highest BCUT2D eigenvalue weighted by Crippen LogP contribution is 2.36. The molecule has 0 saturated heterocycles. The number of hydrogen-bond acceptors (Lipinski definition) is 4. The summed E-state index contributed by atoms with van der Waals surface area (Å²) in [6.07, 6.45) is 2.10. The van der Waals surface area contributed by atoms with Gasteiger partial charge in [0.15, 0.2) is 0 Å². The summed E-state index contributed by atoms with van der Waals surface area (Å²) < 4.78 is 0. The van der Waals surface area contributed by atoms with E-state index in [4.69, 9.17) is 10.5 Å². The second-order valence-corrected chi connectivity index (χ2v) is 4.89. The van der Waals surface area contributed by atoms with Crippen LogP contribution in [0.1, 0.15) is 43.4 Å². The van der Waals surface area contributed by atoms with Gasteiger partial charge in [0, 0.05) is 23.8 Å². The van der Waals surface area contributed by atoms with Crippen LogP contribution in [-0.4, -0.2) is 17.7 Å². The highest BCUT2D eigenvalue weighted by molar-refractivity contribution is 5.60. The van der Waals surface area contributed by atoms with Crippen LogP contribution in [0.25, 0.3) is 0 Å². The first kappa shape index (κ1) is 13.4. The second-order valence-electron chi connectivity index (χ2n) is 4.89. The van der Waals surface area contributed by atoms with Crippen molar-refractivity contribution < 1.29 is 5.11 Å². The fraction of sp³-hybridized carbons (Fsp3) is 0.467. The van der Waals surface area contributed by atoms with Crippen LogP contribution in [0.4, 0.5) is 5.69 Å². The number of rotatable bonds is 5. The molecule has 0 spiro atoms. The molecule has 0 bridgehead atoms. The average molecular weight is 255 g/mol.